The lowest BCUT2D eigenvalue weighted by Gasteiger charge is -2.25. The van der Waals surface area contributed by atoms with Crippen LogP contribution in [0.2, 0.25) is 0 Å². The van der Waals surface area contributed by atoms with Crippen LogP contribution in [0, 0.1) is 35.5 Å². The second-order valence-electron chi connectivity index (χ2n) is 12.5. The lowest BCUT2D eigenvalue weighted by molar-refractivity contribution is -0.139. The number of hydrogen-bond acceptors (Lipinski definition) is 9. The van der Waals surface area contributed by atoms with Gasteiger partial charge in [-0.3, -0.25) is 4.79 Å². The van der Waals surface area contributed by atoms with Crippen molar-refractivity contribution in [3.8, 4) is 44.1 Å². The second kappa shape index (κ2) is 15.4. The summed E-state index contributed by atoms with van der Waals surface area (Å²) in [4.78, 5) is 27.7. The van der Waals surface area contributed by atoms with Crippen LogP contribution in [0.15, 0.2) is 127 Å². The molecule has 0 spiro atoms. The Balaban J connectivity index is 1.25. The summed E-state index contributed by atoms with van der Waals surface area (Å²) in [7, 11) is 0. The molecule has 1 atom stereocenters. The van der Waals surface area contributed by atoms with Gasteiger partial charge in [-0.1, -0.05) is 72.8 Å². The van der Waals surface area contributed by atoms with Crippen LogP contribution < -0.4 is 4.90 Å². The summed E-state index contributed by atoms with van der Waals surface area (Å²) in [6, 6.07) is 43.7. The summed E-state index contributed by atoms with van der Waals surface area (Å²) >= 11 is 2.73. The van der Waals surface area contributed by atoms with E-state index in [4.69, 9.17) is 0 Å². The number of hydrogen-bond donors (Lipinski definition) is 2. The van der Waals surface area contributed by atoms with E-state index in [9.17, 15) is 30.3 Å². The fraction of sp³-hybridized carbons (Fsp3) is 0.0698. The molecule has 2 heterocycles. The van der Waals surface area contributed by atoms with E-state index >= 15 is 0 Å². The summed E-state index contributed by atoms with van der Waals surface area (Å²) in [6.07, 6.45) is 1.12. The predicted octanol–water partition coefficient (Wildman–Crippen LogP) is 10.3. The Morgan fingerprint density at radius 1 is 0.778 bits per heavy atom. The lowest BCUT2D eigenvalue weighted by Crippen LogP contribution is -2.14. The highest BCUT2D eigenvalue weighted by molar-refractivity contribution is 7.19. The summed E-state index contributed by atoms with van der Waals surface area (Å²) in [6.45, 7) is 2.09. The minimum absolute atomic E-state index is 0.110. The topological polar surface area (TPSA) is 151 Å². The van der Waals surface area contributed by atoms with E-state index in [1.54, 1.807) is 41.7 Å². The Hall–Kier alpha value is -6.92. The standard InChI is InChI=1S/C43H29N5O4S2/c1-26-18-38(53-41(26)29-12-14-35(15-13-29)48(33-8-4-2-5-9-33)34-10-6-3-7-11-34)37-17-16-36(39-40(37)47-54-46-39)30-20-27(22-31(24-44)42(49)50)19-28(21-30)23-32(25-45)43(51)52/h2-22,32H,23H2,1H3,(H,49,50)(H,51,52)/b31-22+. The molecular formula is C43H29N5O4S2. The maximum atomic E-state index is 11.7. The van der Waals surface area contributed by atoms with Gasteiger partial charge in [-0.15, -0.1) is 11.3 Å². The number of benzene rings is 5. The van der Waals surface area contributed by atoms with Crippen molar-refractivity contribution in [1.82, 2.24) is 8.75 Å². The van der Waals surface area contributed by atoms with Gasteiger partial charge in [0.05, 0.1) is 17.8 Å². The third-order valence-electron chi connectivity index (χ3n) is 8.90. The molecule has 0 bridgehead atoms. The van der Waals surface area contributed by atoms with E-state index < -0.39 is 23.4 Å². The first-order valence-electron chi connectivity index (χ1n) is 16.7. The van der Waals surface area contributed by atoms with Gasteiger partial charge in [0, 0.05) is 37.9 Å². The largest absolute Gasteiger partial charge is 0.480 e. The molecule has 7 rings (SSSR count). The maximum absolute atomic E-state index is 11.7. The monoisotopic (exact) mass is 743 g/mol. The molecule has 11 heteroatoms. The van der Waals surface area contributed by atoms with E-state index in [1.807, 2.05) is 48.5 Å². The van der Waals surface area contributed by atoms with Crippen LogP contribution in [-0.2, 0) is 16.0 Å². The number of rotatable bonds is 11. The van der Waals surface area contributed by atoms with Gasteiger partial charge in [-0.2, -0.15) is 19.3 Å². The van der Waals surface area contributed by atoms with E-state index in [1.165, 1.54) is 6.08 Å². The average Bonchev–Trinajstić information content (AvgIpc) is 3.84. The van der Waals surface area contributed by atoms with Crippen LogP contribution in [0.3, 0.4) is 0 Å². The van der Waals surface area contributed by atoms with Crippen molar-refractivity contribution < 1.29 is 19.8 Å². The molecular weight excluding hydrogens is 715 g/mol. The smallest absolute Gasteiger partial charge is 0.346 e. The molecule has 7 aromatic rings. The van der Waals surface area contributed by atoms with Gasteiger partial charge in [0.15, 0.2) is 0 Å². The Bertz CT molecular complexity index is 2600. The number of aryl methyl sites for hydroxylation is 1. The van der Waals surface area contributed by atoms with Gasteiger partial charge in [0.2, 0.25) is 0 Å². The molecule has 262 valence electrons. The number of thiophene rings is 1. The highest BCUT2D eigenvalue weighted by atomic mass is 32.1. The zero-order valence-corrected chi connectivity index (χ0v) is 30.3. The Kier molecular flexibility index (Phi) is 10.1. The van der Waals surface area contributed by atoms with Gasteiger partial charge >= 0.3 is 11.9 Å². The van der Waals surface area contributed by atoms with Crippen LogP contribution in [0.5, 0.6) is 0 Å². The quantitative estimate of drug-likeness (QED) is 0.0974. The summed E-state index contributed by atoms with van der Waals surface area (Å²) in [5, 5.41) is 37.9. The third-order valence-corrected chi connectivity index (χ3v) is 10.7. The third kappa shape index (κ3) is 7.23. The number of carboxylic acid groups (broad SMARTS) is 2. The second-order valence-corrected chi connectivity index (χ2v) is 14.0. The molecule has 0 aliphatic rings. The minimum atomic E-state index is -1.39. The fourth-order valence-corrected chi connectivity index (χ4v) is 8.15. The number of aliphatic carboxylic acids is 2. The fourth-order valence-electron chi connectivity index (χ4n) is 6.37. The van der Waals surface area contributed by atoms with E-state index in [-0.39, 0.29) is 6.42 Å². The van der Waals surface area contributed by atoms with E-state index in [0.29, 0.717) is 33.3 Å². The molecule has 0 radical (unpaired) electrons. The molecule has 0 saturated heterocycles. The molecule has 0 aliphatic carbocycles. The SMILES string of the molecule is Cc1cc(-c2ccc(-c3cc(/C=C(\C#N)C(=O)O)cc(CC(C#N)C(=O)O)c3)c3nsnc23)sc1-c1ccc(N(c2ccccc2)c2ccccc2)cc1. The van der Waals surface area contributed by atoms with Crippen molar-refractivity contribution in [2.75, 3.05) is 4.90 Å². The van der Waals surface area contributed by atoms with Crippen molar-refractivity contribution in [2.45, 2.75) is 13.3 Å². The van der Waals surface area contributed by atoms with Crippen molar-refractivity contribution in [3.05, 3.63) is 144 Å². The Morgan fingerprint density at radius 2 is 1.39 bits per heavy atom. The lowest BCUT2D eigenvalue weighted by atomic mass is 9.92. The molecule has 1 unspecified atom stereocenters. The van der Waals surface area contributed by atoms with Crippen LogP contribution in [0.4, 0.5) is 17.1 Å². The van der Waals surface area contributed by atoms with Crippen molar-refractivity contribution >= 4 is 69.2 Å². The number of carboxylic acids is 2. The van der Waals surface area contributed by atoms with Gasteiger partial charge in [0.25, 0.3) is 0 Å². The number of para-hydroxylation sites is 2. The highest BCUT2D eigenvalue weighted by Gasteiger charge is 2.21. The van der Waals surface area contributed by atoms with Gasteiger partial charge in [-0.25, -0.2) is 4.79 Å². The molecule has 54 heavy (non-hydrogen) atoms. The van der Waals surface area contributed by atoms with Crippen molar-refractivity contribution in [2.24, 2.45) is 5.92 Å². The van der Waals surface area contributed by atoms with Crippen molar-refractivity contribution in [1.29, 1.82) is 10.5 Å². The molecule has 9 nitrogen and oxygen atoms in total. The average molecular weight is 744 g/mol. The number of carbonyl (C=O) groups is 2. The van der Waals surface area contributed by atoms with Crippen LogP contribution in [0.1, 0.15) is 16.7 Å². The van der Waals surface area contributed by atoms with Crippen LogP contribution in [0.25, 0.3) is 49.1 Å². The molecule has 0 aliphatic heterocycles. The molecule has 0 amide bonds. The summed E-state index contributed by atoms with van der Waals surface area (Å²) in [5.41, 5.74) is 9.30. The van der Waals surface area contributed by atoms with Crippen LogP contribution >= 0.6 is 23.1 Å². The zero-order valence-electron chi connectivity index (χ0n) is 28.7. The van der Waals surface area contributed by atoms with Crippen LogP contribution in [-0.4, -0.2) is 30.9 Å². The van der Waals surface area contributed by atoms with Gasteiger partial charge in [-0.05, 0) is 95.8 Å². The number of nitrogens with zero attached hydrogens (tertiary/aromatic N) is 5. The first kappa shape index (κ1) is 35.5. The van der Waals surface area contributed by atoms with Gasteiger partial charge < -0.3 is 15.1 Å². The zero-order chi connectivity index (χ0) is 37.8. The number of aromatic nitrogens is 2. The normalized spacial score (nSPS) is 11.8. The molecule has 0 saturated carbocycles. The van der Waals surface area contributed by atoms with Crippen molar-refractivity contribution in [3.63, 3.8) is 0 Å². The number of fused-ring (bicyclic) bond motifs is 1. The first-order chi connectivity index (χ1) is 26.2. The summed E-state index contributed by atoms with van der Waals surface area (Å²) in [5.74, 6) is -3.96. The Morgan fingerprint density at radius 3 is 1.98 bits per heavy atom. The van der Waals surface area contributed by atoms with Gasteiger partial charge in [0.1, 0.15) is 28.6 Å². The predicted molar refractivity (Wildman–Crippen MR) is 213 cm³/mol. The number of anilines is 3. The van der Waals surface area contributed by atoms with E-state index in [0.717, 1.165) is 55.2 Å². The molecule has 5 aromatic carbocycles. The minimum Gasteiger partial charge on any atom is -0.480 e. The molecule has 2 N–H and O–H groups in total. The number of nitriles is 2. The van der Waals surface area contributed by atoms with E-state index in [2.05, 4.69) is 75.2 Å². The summed E-state index contributed by atoms with van der Waals surface area (Å²) < 4.78 is 9.31. The molecule has 2 aromatic heterocycles. The first-order valence-corrected chi connectivity index (χ1v) is 18.3. The Labute approximate surface area is 318 Å². The maximum Gasteiger partial charge on any atom is 0.346 e. The molecule has 0 fully saturated rings. The highest BCUT2D eigenvalue weighted by Crippen LogP contribution is 2.43.